The van der Waals surface area contributed by atoms with E-state index in [4.69, 9.17) is 0 Å². The highest BCUT2D eigenvalue weighted by atomic mass is 19.3. The van der Waals surface area contributed by atoms with Crippen LogP contribution in [0.15, 0.2) is 55.1 Å². The Morgan fingerprint density at radius 3 is 2.89 bits per heavy atom. The summed E-state index contributed by atoms with van der Waals surface area (Å²) in [6.45, 7) is 0.436. The highest BCUT2D eigenvalue weighted by Gasteiger charge is 2.37. The van der Waals surface area contributed by atoms with Crippen LogP contribution in [0.2, 0.25) is 0 Å². The van der Waals surface area contributed by atoms with Crippen LogP contribution in [0.25, 0.3) is 11.0 Å². The Morgan fingerprint density at radius 2 is 2.06 bits per heavy atom. The number of pyridine rings is 2. The predicted octanol–water partition coefficient (Wildman–Crippen LogP) is 4.31. The van der Waals surface area contributed by atoms with Gasteiger partial charge in [-0.3, -0.25) is 4.79 Å². The Labute approximate surface area is 198 Å². The van der Waals surface area contributed by atoms with Crippen molar-refractivity contribution in [2.75, 3.05) is 6.54 Å². The van der Waals surface area contributed by atoms with E-state index < -0.39 is 12.5 Å². The third kappa shape index (κ3) is 3.16. The van der Waals surface area contributed by atoms with Crippen LogP contribution in [0.1, 0.15) is 69.9 Å². The Bertz CT molecular complexity index is 1600. The summed E-state index contributed by atoms with van der Waals surface area (Å²) in [4.78, 5) is 23.2. The minimum absolute atomic E-state index is 0.191. The fraction of sp³-hybridized carbons (Fsp3) is 0.280. The number of hydrogen-bond donors (Lipinski definition) is 1. The van der Waals surface area contributed by atoms with Crippen LogP contribution in [0.4, 0.5) is 8.78 Å². The number of H-pyrrole nitrogens is 1. The molecule has 0 unspecified atom stereocenters. The summed E-state index contributed by atoms with van der Waals surface area (Å²) < 4.78 is 30.2. The van der Waals surface area contributed by atoms with Crippen LogP contribution >= 0.6 is 0 Å². The lowest BCUT2D eigenvalue weighted by molar-refractivity contribution is 0.0688. The quantitative estimate of drug-likeness (QED) is 0.422. The minimum Gasteiger partial charge on any atom is -0.348 e. The van der Waals surface area contributed by atoms with Gasteiger partial charge in [-0.1, -0.05) is 12.1 Å². The average molecular weight is 473 g/mol. The van der Waals surface area contributed by atoms with Gasteiger partial charge in [-0.15, -0.1) is 0 Å². The molecule has 0 bridgehead atoms. The summed E-state index contributed by atoms with van der Waals surface area (Å²) in [7, 11) is 0. The van der Waals surface area contributed by atoms with Crippen LogP contribution < -0.4 is 0 Å². The highest BCUT2D eigenvalue weighted by molar-refractivity contribution is 6.01. The van der Waals surface area contributed by atoms with E-state index in [-0.39, 0.29) is 11.6 Å². The number of carbonyl (C=O) groups excluding carboxylic acids is 1. The first-order valence-electron chi connectivity index (χ1n) is 11.7. The number of amides is 1. The maximum Gasteiger partial charge on any atom is 0.280 e. The molecule has 1 fully saturated rings. The molecule has 8 nitrogen and oxygen atoms in total. The molecule has 7 rings (SSSR count). The lowest BCUT2D eigenvalue weighted by Crippen LogP contribution is -2.41. The third-order valence-electron chi connectivity index (χ3n) is 7.04. The van der Waals surface area contributed by atoms with Gasteiger partial charge in [0.2, 0.25) is 0 Å². The van der Waals surface area contributed by atoms with Gasteiger partial charge >= 0.3 is 0 Å². The second-order valence-electron chi connectivity index (χ2n) is 9.20. The van der Waals surface area contributed by atoms with Gasteiger partial charge in [-0.05, 0) is 48.6 Å². The van der Waals surface area contributed by atoms with Gasteiger partial charge in [0.1, 0.15) is 11.7 Å². The molecule has 1 saturated carbocycles. The van der Waals surface area contributed by atoms with Gasteiger partial charge in [0.05, 0.1) is 40.5 Å². The monoisotopic (exact) mass is 473 g/mol. The maximum atomic E-state index is 13.9. The predicted molar refractivity (Wildman–Crippen MR) is 122 cm³/mol. The second kappa shape index (κ2) is 7.46. The number of carbonyl (C=O) groups is 1. The minimum atomic E-state index is -2.67. The van der Waals surface area contributed by atoms with Crippen LogP contribution in [0.3, 0.4) is 0 Å². The Kier molecular flexibility index (Phi) is 4.33. The normalized spacial score (nSPS) is 18.0. The van der Waals surface area contributed by atoms with E-state index in [1.807, 2.05) is 12.3 Å². The van der Waals surface area contributed by atoms with Crippen molar-refractivity contribution >= 4 is 16.9 Å². The van der Waals surface area contributed by atoms with Crippen molar-refractivity contribution in [2.45, 2.75) is 37.6 Å². The molecule has 1 N–H and O–H groups in total. The molecule has 0 radical (unpaired) electrons. The summed E-state index contributed by atoms with van der Waals surface area (Å²) in [5.41, 5.74) is 4.89. The van der Waals surface area contributed by atoms with Crippen molar-refractivity contribution < 1.29 is 13.6 Å². The number of alkyl halides is 2. The van der Waals surface area contributed by atoms with Gasteiger partial charge in [0, 0.05) is 24.9 Å². The third-order valence-corrected chi connectivity index (χ3v) is 7.04. The lowest BCUT2D eigenvalue weighted by Gasteiger charge is -2.33. The van der Waals surface area contributed by atoms with E-state index in [0.29, 0.717) is 41.4 Å². The SMILES string of the molecule is O=C(c1cnn2cc(C3CC3)ccc12)N1CCc2[nH]cnc2[C@H]1c1cc2cccc(C(F)F)n2n1. The summed E-state index contributed by atoms with van der Waals surface area (Å²) in [5, 5.41) is 8.97. The summed E-state index contributed by atoms with van der Waals surface area (Å²) in [5.74, 6) is 0.393. The lowest BCUT2D eigenvalue weighted by atomic mass is 9.98. The number of nitrogens with one attached hydrogen (secondary N) is 1. The van der Waals surface area contributed by atoms with E-state index in [1.165, 1.54) is 29.0 Å². The van der Waals surface area contributed by atoms with Gasteiger partial charge < -0.3 is 9.88 Å². The molecule has 1 aliphatic carbocycles. The largest absolute Gasteiger partial charge is 0.348 e. The van der Waals surface area contributed by atoms with Crippen LogP contribution in [0, 0.1) is 0 Å². The van der Waals surface area contributed by atoms with Crippen molar-refractivity contribution in [1.82, 2.24) is 34.1 Å². The van der Waals surface area contributed by atoms with Crippen molar-refractivity contribution in [3.63, 3.8) is 0 Å². The van der Waals surface area contributed by atoms with E-state index in [2.05, 4.69) is 26.2 Å². The van der Waals surface area contributed by atoms with Crippen LogP contribution in [0.5, 0.6) is 0 Å². The Hall–Kier alpha value is -4.08. The van der Waals surface area contributed by atoms with Crippen molar-refractivity contribution in [3.05, 3.63) is 89.0 Å². The molecular formula is C25H21F2N7O. The summed E-state index contributed by atoms with van der Waals surface area (Å²) in [6, 6.07) is 9.83. The molecule has 35 heavy (non-hydrogen) atoms. The van der Waals surface area contributed by atoms with Crippen molar-refractivity contribution in [1.29, 1.82) is 0 Å². The molecule has 0 spiro atoms. The average Bonchev–Trinajstić information content (AvgIpc) is 3.27. The first kappa shape index (κ1) is 20.3. The number of halogens is 2. The molecule has 1 amide bonds. The molecule has 5 aromatic heterocycles. The van der Waals surface area contributed by atoms with Gasteiger partial charge in [0.15, 0.2) is 0 Å². The smallest absolute Gasteiger partial charge is 0.280 e. The van der Waals surface area contributed by atoms with Crippen molar-refractivity contribution in [2.24, 2.45) is 0 Å². The van der Waals surface area contributed by atoms with E-state index in [1.54, 1.807) is 40.1 Å². The fourth-order valence-electron chi connectivity index (χ4n) is 5.13. The standard InChI is InChI=1S/C25H21F2N7O/c26-24(27)21-3-1-2-16-10-19(31-34(16)21)23-22-18(28-13-29-22)8-9-32(23)25(35)17-11-30-33-12-15(14-4-5-14)6-7-20(17)33/h1-3,6-7,10-14,23-24H,4-5,8-9H2,(H,28,29)/t23-/m1/s1. The molecule has 6 heterocycles. The van der Waals surface area contributed by atoms with Crippen LogP contribution in [-0.4, -0.2) is 46.5 Å². The second-order valence-corrected chi connectivity index (χ2v) is 9.20. The topological polar surface area (TPSA) is 83.6 Å². The first-order valence-corrected chi connectivity index (χ1v) is 11.7. The van der Waals surface area contributed by atoms with Gasteiger partial charge in [-0.25, -0.2) is 22.8 Å². The Morgan fingerprint density at radius 1 is 1.17 bits per heavy atom. The molecule has 10 heteroatoms. The number of aromatic nitrogens is 6. The zero-order valence-electron chi connectivity index (χ0n) is 18.6. The summed E-state index contributed by atoms with van der Waals surface area (Å²) in [6.07, 6.45) is 5.51. The molecule has 0 aromatic carbocycles. The Balaban J connectivity index is 1.33. The molecular weight excluding hydrogens is 452 g/mol. The number of nitrogens with zero attached hydrogens (tertiary/aromatic N) is 6. The zero-order valence-corrected chi connectivity index (χ0v) is 18.6. The van der Waals surface area contributed by atoms with Gasteiger partial charge in [0.25, 0.3) is 12.3 Å². The fourth-order valence-corrected chi connectivity index (χ4v) is 5.13. The van der Waals surface area contributed by atoms with E-state index >= 15 is 0 Å². The van der Waals surface area contributed by atoms with Gasteiger partial charge in [-0.2, -0.15) is 10.2 Å². The van der Waals surface area contributed by atoms with Crippen molar-refractivity contribution in [3.8, 4) is 0 Å². The van der Waals surface area contributed by atoms with E-state index in [0.717, 1.165) is 11.2 Å². The highest BCUT2D eigenvalue weighted by Crippen LogP contribution is 2.40. The number of imidazole rings is 1. The maximum absolute atomic E-state index is 13.9. The molecule has 1 atom stereocenters. The molecule has 176 valence electrons. The molecule has 2 aliphatic rings. The first-order chi connectivity index (χ1) is 17.1. The van der Waals surface area contributed by atoms with E-state index in [9.17, 15) is 13.6 Å². The number of rotatable bonds is 4. The summed E-state index contributed by atoms with van der Waals surface area (Å²) >= 11 is 0. The molecule has 1 aliphatic heterocycles. The molecule has 0 saturated heterocycles. The van der Waals surface area contributed by atoms with Crippen LogP contribution in [-0.2, 0) is 6.42 Å². The zero-order chi connectivity index (χ0) is 23.7. The number of aromatic amines is 1. The number of hydrogen-bond acceptors (Lipinski definition) is 4. The molecule has 5 aromatic rings. The number of fused-ring (bicyclic) bond motifs is 3.